The Hall–Kier alpha value is -2.69. The number of rotatable bonds is 5. The number of hydrogen-bond donors (Lipinski definition) is 1. The molecule has 1 N–H and O–H groups in total. The molecule has 2 amide bonds. The predicted octanol–water partition coefficient (Wildman–Crippen LogP) is 2.80. The van der Waals surface area contributed by atoms with E-state index < -0.39 is 0 Å². The van der Waals surface area contributed by atoms with Crippen LogP contribution in [0, 0.1) is 18.7 Å². The summed E-state index contributed by atoms with van der Waals surface area (Å²) in [5, 5.41) is 2.74. The van der Waals surface area contributed by atoms with Crippen LogP contribution in [0.15, 0.2) is 48.5 Å². The summed E-state index contributed by atoms with van der Waals surface area (Å²) < 4.78 is 13.6. The normalized spacial score (nSPS) is 17.0. The van der Waals surface area contributed by atoms with Gasteiger partial charge in [-0.1, -0.05) is 48.0 Å². The SMILES string of the molecule is Cc1ccc(CN2C[C@H](C(=O)NCc3ccccc3F)CC2=O)cc1. The van der Waals surface area contributed by atoms with Crippen molar-refractivity contribution in [1.82, 2.24) is 10.2 Å². The number of likely N-dealkylation sites (tertiary alicyclic amines) is 1. The Labute approximate surface area is 146 Å². The van der Waals surface area contributed by atoms with Crippen LogP contribution in [-0.4, -0.2) is 23.3 Å². The molecule has 1 aliphatic rings. The Morgan fingerprint density at radius 3 is 2.64 bits per heavy atom. The Kier molecular flexibility index (Phi) is 5.12. The average molecular weight is 340 g/mol. The molecule has 0 aromatic heterocycles. The fourth-order valence-corrected chi connectivity index (χ4v) is 2.98. The first-order chi connectivity index (χ1) is 12.0. The fraction of sp³-hybridized carbons (Fsp3) is 0.300. The van der Waals surface area contributed by atoms with Crippen LogP contribution in [0.4, 0.5) is 4.39 Å². The number of aryl methyl sites for hydroxylation is 1. The Morgan fingerprint density at radius 1 is 1.20 bits per heavy atom. The summed E-state index contributed by atoms with van der Waals surface area (Å²) in [5.41, 5.74) is 2.66. The molecule has 1 heterocycles. The second-order valence-corrected chi connectivity index (χ2v) is 6.47. The molecule has 0 radical (unpaired) electrons. The summed E-state index contributed by atoms with van der Waals surface area (Å²) in [7, 11) is 0. The van der Waals surface area contributed by atoms with Gasteiger partial charge in [-0.05, 0) is 18.6 Å². The molecule has 2 aromatic carbocycles. The van der Waals surface area contributed by atoms with Gasteiger partial charge in [0.2, 0.25) is 11.8 Å². The summed E-state index contributed by atoms with van der Waals surface area (Å²) in [5.74, 6) is -0.953. The van der Waals surface area contributed by atoms with E-state index in [9.17, 15) is 14.0 Å². The molecule has 0 aliphatic carbocycles. The molecule has 0 bridgehead atoms. The van der Waals surface area contributed by atoms with Crippen LogP contribution < -0.4 is 5.32 Å². The summed E-state index contributed by atoms with van der Waals surface area (Å²) >= 11 is 0. The zero-order chi connectivity index (χ0) is 17.8. The van der Waals surface area contributed by atoms with Gasteiger partial charge >= 0.3 is 0 Å². The molecule has 5 heteroatoms. The molecule has 2 aromatic rings. The highest BCUT2D eigenvalue weighted by Crippen LogP contribution is 2.21. The molecule has 4 nitrogen and oxygen atoms in total. The lowest BCUT2D eigenvalue weighted by Gasteiger charge is -2.17. The van der Waals surface area contributed by atoms with Crippen molar-refractivity contribution in [3.63, 3.8) is 0 Å². The van der Waals surface area contributed by atoms with Gasteiger partial charge in [-0.3, -0.25) is 9.59 Å². The minimum Gasteiger partial charge on any atom is -0.352 e. The lowest BCUT2D eigenvalue weighted by atomic mass is 10.1. The van der Waals surface area contributed by atoms with Crippen molar-refractivity contribution in [3.05, 3.63) is 71.0 Å². The molecule has 1 aliphatic heterocycles. The molecule has 1 saturated heterocycles. The van der Waals surface area contributed by atoms with Crippen molar-refractivity contribution in [3.8, 4) is 0 Å². The number of carbonyl (C=O) groups excluding carboxylic acids is 2. The number of halogens is 1. The highest BCUT2D eigenvalue weighted by atomic mass is 19.1. The number of hydrogen-bond acceptors (Lipinski definition) is 2. The minimum atomic E-state index is -0.385. The van der Waals surface area contributed by atoms with Gasteiger partial charge in [0.1, 0.15) is 5.82 Å². The molecule has 130 valence electrons. The van der Waals surface area contributed by atoms with Gasteiger partial charge in [0.25, 0.3) is 0 Å². The van der Waals surface area contributed by atoms with Gasteiger partial charge in [0, 0.05) is 31.6 Å². The van der Waals surface area contributed by atoms with E-state index in [0.29, 0.717) is 18.7 Å². The first-order valence-electron chi connectivity index (χ1n) is 8.37. The van der Waals surface area contributed by atoms with E-state index in [1.165, 1.54) is 11.6 Å². The molecule has 3 rings (SSSR count). The van der Waals surface area contributed by atoms with Gasteiger partial charge in [-0.15, -0.1) is 0 Å². The van der Waals surface area contributed by atoms with E-state index >= 15 is 0 Å². The van der Waals surface area contributed by atoms with Crippen LogP contribution in [0.1, 0.15) is 23.1 Å². The second-order valence-electron chi connectivity index (χ2n) is 6.47. The number of benzene rings is 2. The monoisotopic (exact) mass is 340 g/mol. The standard InChI is InChI=1S/C20H21FN2O2/c1-14-6-8-15(9-7-14)12-23-13-17(10-19(23)24)20(25)22-11-16-4-2-3-5-18(16)21/h2-9,17H,10-13H2,1H3,(H,22,25)/t17-/m1/s1. The van der Waals surface area contributed by atoms with E-state index in [-0.39, 0.29) is 36.5 Å². The maximum Gasteiger partial charge on any atom is 0.225 e. The largest absolute Gasteiger partial charge is 0.352 e. The van der Waals surface area contributed by atoms with Crippen molar-refractivity contribution in [2.45, 2.75) is 26.4 Å². The van der Waals surface area contributed by atoms with Crippen LogP contribution in [0.25, 0.3) is 0 Å². The number of nitrogens with zero attached hydrogens (tertiary/aromatic N) is 1. The highest BCUT2D eigenvalue weighted by molar-refractivity contribution is 5.89. The molecule has 1 atom stereocenters. The van der Waals surface area contributed by atoms with Crippen molar-refractivity contribution in [2.75, 3.05) is 6.54 Å². The smallest absolute Gasteiger partial charge is 0.225 e. The Bertz CT molecular complexity index is 774. The zero-order valence-corrected chi connectivity index (χ0v) is 14.2. The minimum absolute atomic E-state index is 0.0217. The van der Waals surface area contributed by atoms with E-state index in [4.69, 9.17) is 0 Å². The van der Waals surface area contributed by atoms with E-state index in [0.717, 1.165) is 5.56 Å². The summed E-state index contributed by atoms with van der Waals surface area (Å²) in [6, 6.07) is 14.3. The van der Waals surface area contributed by atoms with Crippen LogP contribution in [0.3, 0.4) is 0 Å². The maximum atomic E-state index is 13.6. The first kappa shape index (κ1) is 17.1. The molecule has 1 fully saturated rings. The molecular formula is C20H21FN2O2. The van der Waals surface area contributed by atoms with Crippen LogP contribution in [0.2, 0.25) is 0 Å². The Balaban J connectivity index is 1.55. The van der Waals surface area contributed by atoms with Crippen LogP contribution in [-0.2, 0) is 22.7 Å². The summed E-state index contributed by atoms with van der Waals surface area (Å²) in [4.78, 5) is 26.2. The molecule has 0 unspecified atom stereocenters. The quantitative estimate of drug-likeness (QED) is 0.910. The topological polar surface area (TPSA) is 49.4 Å². The third-order valence-electron chi connectivity index (χ3n) is 4.49. The fourth-order valence-electron chi connectivity index (χ4n) is 2.98. The lowest BCUT2D eigenvalue weighted by Crippen LogP contribution is -2.32. The lowest BCUT2D eigenvalue weighted by molar-refractivity contribution is -0.129. The van der Waals surface area contributed by atoms with Gasteiger partial charge in [0.15, 0.2) is 0 Å². The third-order valence-corrected chi connectivity index (χ3v) is 4.49. The average Bonchev–Trinajstić information content (AvgIpc) is 2.97. The van der Waals surface area contributed by atoms with E-state index in [2.05, 4.69) is 5.32 Å². The van der Waals surface area contributed by atoms with Crippen molar-refractivity contribution >= 4 is 11.8 Å². The predicted molar refractivity (Wildman–Crippen MR) is 92.9 cm³/mol. The third kappa shape index (κ3) is 4.24. The summed E-state index contributed by atoms with van der Waals surface area (Å²) in [6.45, 7) is 3.06. The van der Waals surface area contributed by atoms with Gasteiger partial charge in [-0.2, -0.15) is 0 Å². The van der Waals surface area contributed by atoms with Crippen molar-refractivity contribution in [1.29, 1.82) is 0 Å². The second kappa shape index (κ2) is 7.47. The maximum absolute atomic E-state index is 13.6. The summed E-state index contributed by atoms with van der Waals surface area (Å²) in [6.07, 6.45) is 0.203. The Morgan fingerprint density at radius 2 is 1.92 bits per heavy atom. The number of carbonyl (C=O) groups is 2. The van der Waals surface area contributed by atoms with Crippen molar-refractivity contribution in [2.24, 2.45) is 5.92 Å². The van der Waals surface area contributed by atoms with E-state index in [1.807, 2.05) is 31.2 Å². The number of nitrogens with one attached hydrogen (secondary N) is 1. The number of amides is 2. The zero-order valence-electron chi connectivity index (χ0n) is 14.2. The van der Waals surface area contributed by atoms with E-state index in [1.54, 1.807) is 23.1 Å². The molecular weight excluding hydrogens is 319 g/mol. The van der Waals surface area contributed by atoms with Gasteiger partial charge < -0.3 is 10.2 Å². The highest BCUT2D eigenvalue weighted by Gasteiger charge is 2.34. The van der Waals surface area contributed by atoms with Crippen LogP contribution >= 0.6 is 0 Å². The van der Waals surface area contributed by atoms with Gasteiger partial charge in [0.05, 0.1) is 5.92 Å². The molecule has 0 saturated carbocycles. The first-order valence-corrected chi connectivity index (χ1v) is 8.37. The van der Waals surface area contributed by atoms with Crippen LogP contribution in [0.5, 0.6) is 0 Å². The molecule has 25 heavy (non-hydrogen) atoms. The molecule has 0 spiro atoms. The van der Waals surface area contributed by atoms with Crippen molar-refractivity contribution < 1.29 is 14.0 Å². The van der Waals surface area contributed by atoms with Gasteiger partial charge in [-0.25, -0.2) is 4.39 Å².